The Kier molecular flexibility index (Phi) is 5.65. The third-order valence-corrected chi connectivity index (χ3v) is 5.25. The summed E-state index contributed by atoms with van der Waals surface area (Å²) < 4.78 is 4.73. The highest BCUT2D eigenvalue weighted by Gasteiger charge is 2.23. The Labute approximate surface area is 150 Å². The van der Waals surface area contributed by atoms with Gasteiger partial charge in [0.05, 0.1) is 7.11 Å². The zero-order valence-electron chi connectivity index (χ0n) is 14.1. The van der Waals surface area contributed by atoms with Crippen LogP contribution < -0.4 is 5.32 Å². The molecule has 1 aliphatic rings. The van der Waals surface area contributed by atoms with Crippen molar-refractivity contribution in [1.82, 2.24) is 15.2 Å². The highest BCUT2D eigenvalue weighted by atomic mass is 32.1. The first kappa shape index (κ1) is 17.4. The van der Waals surface area contributed by atoms with Crippen LogP contribution in [0.4, 0.5) is 4.79 Å². The molecule has 0 unspecified atom stereocenters. The van der Waals surface area contributed by atoms with Crippen molar-refractivity contribution in [2.75, 3.05) is 26.7 Å². The molecule has 1 aromatic heterocycles. The Hall–Kier alpha value is -2.41. The number of nitrogens with zero attached hydrogens (tertiary/aromatic N) is 2. The van der Waals surface area contributed by atoms with E-state index in [-0.39, 0.29) is 12.0 Å². The molecule has 6 nitrogen and oxygen atoms in total. The Morgan fingerprint density at radius 3 is 2.68 bits per heavy atom. The van der Waals surface area contributed by atoms with Gasteiger partial charge in [-0.05, 0) is 18.8 Å². The molecule has 7 heteroatoms. The van der Waals surface area contributed by atoms with E-state index in [4.69, 9.17) is 4.74 Å². The highest BCUT2D eigenvalue weighted by Crippen LogP contribution is 2.23. The molecule has 0 atom stereocenters. The number of hydrogen-bond acceptors (Lipinski definition) is 5. The van der Waals surface area contributed by atoms with E-state index in [2.05, 4.69) is 10.3 Å². The summed E-state index contributed by atoms with van der Waals surface area (Å²) in [6.45, 7) is 1.94. The van der Waals surface area contributed by atoms with Crippen LogP contribution in [0, 0.1) is 5.92 Å². The zero-order chi connectivity index (χ0) is 17.6. The summed E-state index contributed by atoms with van der Waals surface area (Å²) in [5.74, 6) is 0.228. The molecule has 2 heterocycles. The molecule has 1 aliphatic heterocycles. The number of carbonyl (C=O) groups is 2. The van der Waals surface area contributed by atoms with Crippen LogP contribution in [0.15, 0.2) is 35.7 Å². The first-order valence-electron chi connectivity index (χ1n) is 8.29. The minimum Gasteiger partial charge on any atom is -0.453 e. The van der Waals surface area contributed by atoms with Crippen molar-refractivity contribution >= 4 is 23.3 Å². The highest BCUT2D eigenvalue weighted by molar-refractivity contribution is 7.13. The predicted octanol–water partition coefficient (Wildman–Crippen LogP) is 3.02. The molecule has 1 fully saturated rings. The minimum absolute atomic E-state index is 0.145. The molecule has 2 aromatic rings. The molecule has 3 rings (SSSR count). The van der Waals surface area contributed by atoms with Crippen LogP contribution in [0.2, 0.25) is 0 Å². The van der Waals surface area contributed by atoms with Crippen molar-refractivity contribution in [2.24, 2.45) is 5.92 Å². The van der Waals surface area contributed by atoms with E-state index in [0.717, 1.165) is 23.4 Å². The molecular weight excluding hydrogens is 338 g/mol. The number of aromatic nitrogens is 1. The van der Waals surface area contributed by atoms with E-state index in [1.807, 2.05) is 30.3 Å². The number of benzene rings is 1. The fraction of sp³-hybridized carbons (Fsp3) is 0.389. The molecule has 0 aliphatic carbocycles. The molecular formula is C18H21N3O3S. The smallest absolute Gasteiger partial charge is 0.409 e. The summed E-state index contributed by atoms with van der Waals surface area (Å²) in [6.07, 6.45) is 1.45. The minimum atomic E-state index is -0.279. The lowest BCUT2D eigenvalue weighted by molar-refractivity contribution is 0.0910. The lowest BCUT2D eigenvalue weighted by Crippen LogP contribution is -2.41. The van der Waals surface area contributed by atoms with Gasteiger partial charge in [0.25, 0.3) is 5.91 Å². The summed E-state index contributed by atoms with van der Waals surface area (Å²) in [4.78, 5) is 29.9. The van der Waals surface area contributed by atoms with Gasteiger partial charge in [-0.15, -0.1) is 11.3 Å². The van der Waals surface area contributed by atoms with Crippen molar-refractivity contribution in [1.29, 1.82) is 0 Å². The van der Waals surface area contributed by atoms with Gasteiger partial charge in [0.2, 0.25) is 0 Å². The van der Waals surface area contributed by atoms with Gasteiger partial charge >= 0.3 is 6.09 Å². The number of thiazole rings is 1. The Morgan fingerprint density at radius 1 is 1.28 bits per heavy atom. The topological polar surface area (TPSA) is 71.5 Å². The normalized spacial score (nSPS) is 15.0. The second-order valence-electron chi connectivity index (χ2n) is 6.01. The quantitative estimate of drug-likeness (QED) is 0.911. The number of amides is 2. The van der Waals surface area contributed by atoms with E-state index in [1.165, 1.54) is 18.4 Å². The largest absolute Gasteiger partial charge is 0.453 e. The third kappa shape index (κ3) is 4.36. The molecule has 1 N–H and O–H groups in total. The van der Waals surface area contributed by atoms with Crippen molar-refractivity contribution in [3.05, 3.63) is 41.4 Å². The van der Waals surface area contributed by atoms with E-state index in [0.29, 0.717) is 31.2 Å². The summed E-state index contributed by atoms with van der Waals surface area (Å²) >= 11 is 1.47. The van der Waals surface area contributed by atoms with E-state index >= 15 is 0 Å². The van der Waals surface area contributed by atoms with Crippen LogP contribution >= 0.6 is 11.3 Å². The summed E-state index contributed by atoms with van der Waals surface area (Å²) in [5.41, 5.74) is 1.47. The molecule has 0 saturated carbocycles. The fourth-order valence-corrected chi connectivity index (χ4v) is 3.67. The summed E-state index contributed by atoms with van der Waals surface area (Å²) in [5, 5.41) is 5.60. The predicted molar refractivity (Wildman–Crippen MR) is 96.6 cm³/mol. The molecule has 1 saturated heterocycles. The average molecular weight is 359 g/mol. The summed E-state index contributed by atoms with van der Waals surface area (Å²) in [7, 11) is 1.40. The Bertz CT molecular complexity index is 724. The van der Waals surface area contributed by atoms with Gasteiger partial charge in [0.1, 0.15) is 10.7 Å². The molecule has 25 heavy (non-hydrogen) atoms. The van der Waals surface area contributed by atoms with Crippen LogP contribution in [0.3, 0.4) is 0 Å². The maximum atomic E-state index is 12.3. The number of rotatable bonds is 4. The van der Waals surface area contributed by atoms with Crippen molar-refractivity contribution < 1.29 is 14.3 Å². The van der Waals surface area contributed by atoms with Gasteiger partial charge in [0, 0.05) is 30.6 Å². The molecule has 0 radical (unpaired) electrons. The maximum absolute atomic E-state index is 12.3. The van der Waals surface area contributed by atoms with Crippen LogP contribution in [-0.4, -0.2) is 48.6 Å². The lowest BCUT2D eigenvalue weighted by Gasteiger charge is -2.30. The fourth-order valence-electron chi connectivity index (χ4n) is 2.87. The van der Waals surface area contributed by atoms with Gasteiger partial charge in [0.15, 0.2) is 0 Å². The molecule has 0 bridgehead atoms. The van der Waals surface area contributed by atoms with Crippen LogP contribution in [-0.2, 0) is 4.74 Å². The summed E-state index contributed by atoms with van der Waals surface area (Å²) in [6, 6.07) is 9.83. The van der Waals surface area contributed by atoms with Crippen molar-refractivity contribution in [3.63, 3.8) is 0 Å². The number of hydrogen-bond donors (Lipinski definition) is 1. The first-order chi connectivity index (χ1) is 12.2. The Balaban J connectivity index is 1.49. The van der Waals surface area contributed by atoms with Gasteiger partial charge in [-0.3, -0.25) is 4.79 Å². The second kappa shape index (κ2) is 8.11. The van der Waals surface area contributed by atoms with E-state index in [9.17, 15) is 9.59 Å². The van der Waals surface area contributed by atoms with Crippen molar-refractivity contribution in [2.45, 2.75) is 12.8 Å². The van der Waals surface area contributed by atoms with Gasteiger partial charge in [-0.2, -0.15) is 0 Å². The maximum Gasteiger partial charge on any atom is 0.409 e. The Morgan fingerprint density at radius 2 is 2.00 bits per heavy atom. The SMILES string of the molecule is COC(=O)N1CCC(CNC(=O)c2csc(-c3ccccc3)n2)CC1. The van der Waals surface area contributed by atoms with Gasteiger partial charge in [-0.25, -0.2) is 9.78 Å². The number of likely N-dealkylation sites (tertiary alicyclic amines) is 1. The van der Waals surface area contributed by atoms with Crippen molar-refractivity contribution in [3.8, 4) is 10.6 Å². The zero-order valence-corrected chi connectivity index (χ0v) is 14.9. The average Bonchev–Trinajstić information content (AvgIpc) is 3.17. The number of nitrogens with one attached hydrogen (secondary N) is 1. The number of piperidine rings is 1. The second-order valence-corrected chi connectivity index (χ2v) is 6.87. The monoisotopic (exact) mass is 359 g/mol. The molecule has 132 valence electrons. The van der Waals surface area contributed by atoms with Gasteiger partial charge in [-0.1, -0.05) is 30.3 Å². The number of carbonyl (C=O) groups excluding carboxylic acids is 2. The first-order valence-corrected chi connectivity index (χ1v) is 9.17. The molecule has 0 spiro atoms. The van der Waals surface area contributed by atoms with Crippen LogP contribution in [0.5, 0.6) is 0 Å². The molecule has 2 amide bonds. The van der Waals surface area contributed by atoms with Gasteiger partial charge < -0.3 is 15.0 Å². The van der Waals surface area contributed by atoms with Crippen LogP contribution in [0.1, 0.15) is 23.3 Å². The standard InChI is InChI=1S/C18H21N3O3S/c1-24-18(23)21-9-7-13(8-10-21)11-19-16(22)15-12-25-17(20-15)14-5-3-2-4-6-14/h2-6,12-13H,7-11H2,1H3,(H,19,22). The van der Waals surface area contributed by atoms with Crippen LogP contribution in [0.25, 0.3) is 10.6 Å². The molecule has 1 aromatic carbocycles. The third-order valence-electron chi connectivity index (χ3n) is 4.36. The number of methoxy groups -OCH3 is 1. The number of ether oxygens (including phenoxy) is 1. The lowest BCUT2D eigenvalue weighted by atomic mass is 9.97. The van der Waals surface area contributed by atoms with E-state index in [1.54, 1.807) is 10.3 Å². The van der Waals surface area contributed by atoms with E-state index < -0.39 is 0 Å².